The molecule has 1 atom stereocenters. The van der Waals surface area contributed by atoms with E-state index in [1.165, 1.54) is 19.2 Å². The Morgan fingerprint density at radius 3 is 2.72 bits per heavy atom. The van der Waals surface area contributed by atoms with Crippen LogP contribution in [0.2, 0.25) is 0 Å². The Kier molecular flexibility index (Phi) is 3.02. The van der Waals surface area contributed by atoms with Gasteiger partial charge in [0.15, 0.2) is 5.82 Å². The lowest BCUT2D eigenvalue weighted by Crippen LogP contribution is -2.54. The van der Waals surface area contributed by atoms with Crippen molar-refractivity contribution in [1.82, 2.24) is 10.3 Å². The number of nitrogens with zero attached hydrogens (tertiary/aromatic N) is 1. The summed E-state index contributed by atoms with van der Waals surface area (Å²) in [6.45, 7) is 1.45. The molecule has 5 nitrogen and oxygen atoms in total. The summed E-state index contributed by atoms with van der Waals surface area (Å²) in [6.07, 6.45) is 3.71. The van der Waals surface area contributed by atoms with Gasteiger partial charge in [-0.25, -0.2) is 9.18 Å². The standard InChI is InChI=1S/C12H13FN2O3/c1-12(11(17)18,7-2-3-7)15-10(16)8-4-5-14-6-9(8)13/h4-7H,2-3H2,1H3,(H,15,16)(H,17,18). The normalized spacial score (nSPS) is 17.9. The fourth-order valence-corrected chi connectivity index (χ4v) is 1.85. The van der Waals surface area contributed by atoms with Gasteiger partial charge in [0.1, 0.15) is 5.54 Å². The van der Waals surface area contributed by atoms with Gasteiger partial charge in [-0.3, -0.25) is 9.78 Å². The number of amides is 1. The first-order chi connectivity index (χ1) is 8.45. The smallest absolute Gasteiger partial charge is 0.329 e. The van der Waals surface area contributed by atoms with Gasteiger partial charge < -0.3 is 10.4 Å². The molecule has 1 aliphatic carbocycles. The first-order valence-corrected chi connectivity index (χ1v) is 5.60. The minimum absolute atomic E-state index is 0.0937. The second kappa shape index (κ2) is 4.36. The Bertz CT molecular complexity index is 502. The highest BCUT2D eigenvalue weighted by Gasteiger charge is 2.48. The van der Waals surface area contributed by atoms with Gasteiger partial charge in [-0.2, -0.15) is 0 Å². The number of hydrogen-bond donors (Lipinski definition) is 2. The minimum atomic E-state index is -1.34. The van der Waals surface area contributed by atoms with Gasteiger partial charge in [0.2, 0.25) is 0 Å². The molecule has 1 aromatic heterocycles. The molecule has 1 amide bonds. The number of carboxylic acid groups (broad SMARTS) is 1. The van der Waals surface area contributed by atoms with Gasteiger partial charge in [0.25, 0.3) is 5.91 Å². The van der Waals surface area contributed by atoms with E-state index in [9.17, 15) is 19.1 Å². The van der Waals surface area contributed by atoms with Crippen LogP contribution in [0.3, 0.4) is 0 Å². The Balaban J connectivity index is 2.20. The molecule has 18 heavy (non-hydrogen) atoms. The molecule has 1 heterocycles. The number of aliphatic carboxylic acids is 1. The summed E-state index contributed by atoms with van der Waals surface area (Å²) < 4.78 is 13.4. The van der Waals surface area contributed by atoms with Crippen molar-refractivity contribution in [3.05, 3.63) is 29.8 Å². The summed E-state index contributed by atoms with van der Waals surface area (Å²) in [5.74, 6) is -2.69. The number of rotatable bonds is 4. The van der Waals surface area contributed by atoms with Crippen molar-refractivity contribution in [2.75, 3.05) is 0 Å². The molecule has 0 radical (unpaired) electrons. The predicted octanol–water partition coefficient (Wildman–Crippen LogP) is 1.20. The summed E-state index contributed by atoms with van der Waals surface area (Å²) in [5, 5.41) is 11.6. The maximum atomic E-state index is 13.4. The number of carbonyl (C=O) groups is 2. The van der Waals surface area contributed by atoms with Crippen molar-refractivity contribution in [2.45, 2.75) is 25.3 Å². The first kappa shape index (κ1) is 12.5. The van der Waals surface area contributed by atoms with Crippen molar-refractivity contribution in [3.8, 4) is 0 Å². The van der Waals surface area contributed by atoms with E-state index in [4.69, 9.17) is 0 Å². The molecular weight excluding hydrogens is 239 g/mol. The summed E-state index contributed by atoms with van der Waals surface area (Å²) in [4.78, 5) is 26.6. The number of nitrogens with one attached hydrogen (secondary N) is 1. The highest BCUT2D eigenvalue weighted by atomic mass is 19.1. The molecule has 0 aromatic carbocycles. The molecule has 6 heteroatoms. The summed E-state index contributed by atoms with van der Waals surface area (Å²) in [5.41, 5.74) is -1.54. The molecule has 1 saturated carbocycles. The van der Waals surface area contributed by atoms with Crippen LogP contribution in [0.1, 0.15) is 30.1 Å². The number of carbonyl (C=O) groups excluding carboxylic acids is 1. The second-order valence-corrected chi connectivity index (χ2v) is 4.59. The largest absolute Gasteiger partial charge is 0.480 e. The van der Waals surface area contributed by atoms with E-state index >= 15 is 0 Å². The number of halogens is 1. The van der Waals surface area contributed by atoms with E-state index in [2.05, 4.69) is 10.3 Å². The lowest BCUT2D eigenvalue weighted by molar-refractivity contribution is -0.144. The average molecular weight is 252 g/mol. The van der Waals surface area contributed by atoms with Crippen LogP contribution in [0.5, 0.6) is 0 Å². The van der Waals surface area contributed by atoms with Crippen LogP contribution in [0.15, 0.2) is 18.5 Å². The maximum Gasteiger partial charge on any atom is 0.329 e. The Labute approximate surface area is 103 Å². The van der Waals surface area contributed by atoms with E-state index < -0.39 is 23.2 Å². The lowest BCUT2D eigenvalue weighted by atomic mass is 9.95. The molecule has 0 spiro atoms. The van der Waals surface area contributed by atoms with Gasteiger partial charge in [-0.05, 0) is 31.7 Å². The topological polar surface area (TPSA) is 79.3 Å². The molecule has 0 bridgehead atoms. The van der Waals surface area contributed by atoms with Crippen molar-refractivity contribution < 1.29 is 19.1 Å². The van der Waals surface area contributed by atoms with Crippen molar-refractivity contribution in [2.24, 2.45) is 5.92 Å². The average Bonchev–Trinajstić information content (AvgIpc) is 3.13. The lowest BCUT2D eigenvalue weighted by Gasteiger charge is -2.26. The fraction of sp³-hybridized carbons (Fsp3) is 0.417. The van der Waals surface area contributed by atoms with Crippen molar-refractivity contribution >= 4 is 11.9 Å². The SMILES string of the molecule is CC(NC(=O)c1ccncc1F)(C(=O)O)C1CC1. The van der Waals surface area contributed by atoms with E-state index in [0.717, 1.165) is 19.0 Å². The molecule has 0 saturated heterocycles. The van der Waals surface area contributed by atoms with Gasteiger partial charge in [-0.15, -0.1) is 0 Å². The highest BCUT2D eigenvalue weighted by molar-refractivity contribution is 5.98. The zero-order valence-electron chi connectivity index (χ0n) is 9.81. The van der Waals surface area contributed by atoms with Crippen LogP contribution in [0.4, 0.5) is 4.39 Å². The molecule has 1 unspecified atom stereocenters. The highest BCUT2D eigenvalue weighted by Crippen LogP contribution is 2.39. The second-order valence-electron chi connectivity index (χ2n) is 4.59. The molecule has 2 rings (SSSR count). The zero-order chi connectivity index (χ0) is 13.3. The molecule has 1 aromatic rings. The Hall–Kier alpha value is -1.98. The summed E-state index contributed by atoms with van der Waals surface area (Å²) in [7, 11) is 0. The molecule has 1 fully saturated rings. The van der Waals surface area contributed by atoms with Crippen LogP contribution < -0.4 is 5.32 Å². The fourth-order valence-electron chi connectivity index (χ4n) is 1.85. The van der Waals surface area contributed by atoms with Crippen LogP contribution in [-0.2, 0) is 4.79 Å². The number of pyridine rings is 1. The summed E-state index contributed by atoms with van der Waals surface area (Å²) in [6, 6.07) is 1.22. The Morgan fingerprint density at radius 1 is 1.56 bits per heavy atom. The van der Waals surface area contributed by atoms with Crippen molar-refractivity contribution in [1.29, 1.82) is 0 Å². The van der Waals surface area contributed by atoms with E-state index in [-0.39, 0.29) is 11.5 Å². The van der Waals surface area contributed by atoms with E-state index in [0.29, 0.717) is 0 Å². The maximum absolute atomic E-state index is 13.4. The van der Waals surface area contributed by atoms with E-state index in [1.54, 1.807) is 0 Å². The Morgan fingerprint density at radius 2 is 2.22 bits per heavy atom. The number of carboxylic acids is 1. The van der Waals surface area contributed by atoms with Crippen LogP contribution >= 0.6 is 0 Å². The van der Waals surface area contributed by atoms with Gasteiger partial charge in [0.05, 0.1) is 11.8 Å². The minimum Gasteiger partial charge on any atom is -0.480 e. The quantitative estimate of drug-likeness (QED) is 0.844. The molecule has 2 N–H and O–H groups in total. The molecular formula is C12H13FN2O3. The van der Waals surface area contributed by atoms with Crippen LogP contribution in [0.25, 0.3) is 0 Å². The van der Waals surface area contributed by atoms with Gasteiger partial charge in [-0.1, -0.05) is 0 Å². The molecule has 1 aliphatic rings. The van der Waals surface area contributed by atoms with Gasteiger partial charge in [0, 0.05) is 6.20 Å². The molecule has 0 aliphatic heterocycles. The van der Waals surface area contributed by atoms with Crippen molar-refractivity contribution in [3.63, 3.8) is 0 Å². The van der Waals surface area contributed by atoms with Gasteiger partial charge >= 0.3 is 5.97 Å². The summed E-state index contributed by atoms with van der Waals surface area (Å²) >= 11 is 0. The third-order valence-electron chi connectivity index (χ3n) is 3.23. The number of hydrogen-bond acceptors (Lipinski definition) is 3. The third-order valence-corrected chi connectivity index (χ3v) is 3.23. The number of aromatic nitrogens is 1. The van der Waals surface area contributed by atoms with Crippen LogP contribution in [0, 0.1) is 11.7 Å². The zero-order valence-corrected chi connectivity index (χ0v) is 9.81. The monoisotopic (exact) mass is 252 g/mol. The first-order valence-electron chi connectivity index (χ1n) is 5.60. The van der Waals surface area contributed by atoms with Crippen LogP contribution in [-0.4, -0.2) is 27.5 Å². The van der Waals surface area contributed by atoms with E-state index in [1.807, 2.05) is 0 Å². The molecule has 96 valence electrons. The predicted molar refractivity (Wildman–Crippen MR) is 60.4 cm³/mol. The third kappa shape index (κ3) is 2.18.